The van der Waals surface area contributed by atoms with Crippen molar-refractivity contribution in [2.24, 2.45) is 0 Å². The van der Waals surface area contributed by atoms with E-state index in [0.717, 1.165) is 6.26 Å². The minimum Gasteiger partial charge on any atom is -0.475 e. The summed E-state index contributed by atoms with van der Waals surface area (Å²) in [4.78, 5) is 24.2. The zero-order valence-electron chi connectivity index (χ0n) is 10.7. The first kappa shape index (κ1) is 14.5. The minimum atomic E-state index is -3.32. The lowest BCUT2D eigenvalue weighted by Gasteiger charge is -2.15. The summed E-state index contributed by atoms with van der Waals surface area (Å²) in [7, 11) is -3.32. The Labute approximate surface area is 115 Å². The van der Waals surface area contributed by atoms with Crippen molar-refractivity contribution in [3.8, 4) is 0 Å². The van der Waals surface area contributed by atoms with E-state index in [2.05, 4.69) is 4.72 Å². The second-order valence-electron chi connectivity index (χ2n) is 4.60. The van der Waals surface area contributed by atoms with Crippen molar-refractivity contribution in [3.63, 3.8) is 0 Å². The van der Waals surface area contributed by atoms with Crippen LogP contribution in [0.1, 0.15) is 27.5 Å². The van der Waals surface area contributed by atoms with Crippen molar-refractivity contribution in [3.05, 3.63) is 23.7 Å². The maximum absolute atomic E-state index is 12.1. The van der Waals surface area contributed by atoms with Crippen LogP contribution < -0.4 is 4.72 Å². The van der Waals surface area contributed by atoms with E-state index in [1.165, 1.54) is 17.0 Å². The van der Waals surface area contributed by atoms with Crippen LogP contribution in [0.25, 0.3) is 0 Å². The first-order valence-corrected chi connectivity index (χ1v) is 7.75. The van der Waals surface area contributed by atoms with Crippen LogP contribution in [0.2, 0.25) is 0 Å². The Kier molecular flexibility index (Phi) is 3.82. The fourth-order valence-corrected chi connectivity index (χ4v) is 2.87. The van der Waals surface area contributed by atoms with Crippen LogP contribution in [0, 0.1) is 0 Å². The molecule has 20 heavy (non-hydrogen) atoms. The summed E-state index contributed by atoms with van der Waals surface area (Å²) in [5.41, 5.74) is 0. The summed E-state index contributed by atoms with van der Waals surface area (Å²) in [6.45, 7) is 0.615. The van der Waals surface area contributed by atoms with Gasteiger partial charge in [-0.05, 0) is 18.6 Å². The number of nitrogens with one attached hydrogen (secondary N) is 1. The molecular formula is C11H14N2O6S. The van der Waals surface area contributed by atoms with E-state index in [0.29, 0.717) is 13.0 Å². The Hall–Kier alpha value is -1.87. The minimum absolute atomic E-state index is 0.0672. The standard InChI is InChI=1S/C11H14N2O6S/c1-20(17,18)12-7-4-5-13(6-7)10(14)8-2-3-9(19-8)11(15)16/h2-3,7,12H,4-6H2,1H3,(H,15,16). The highest BCUT2D eigenvalue weighted by atomic mass is 32.2. The number of carboxylic acid groups (broad SMARTS) is 1. The Balaban J connectivity index is 2.02. The third-order valence-electron chi connectivity index (χ3n) is 2.88. The number of carboxylic acids is 1. The topological polar surface area (TPSA) is 117 Å². The van der Waals surface area contributed by atoms with E-state index in [1.54, 1.807) is 0 Å². The molecule has 1 aromatic rings. The number of carbonyl (C=O) groups excluding carboxylic acids is 1. The average Bonchev–Trinajstić information content (AvgIpc) is 2.93. The molecule has 9 heteroatoms. The van der Waals surface area contributed by atoms with Crippen LogP contribution >= 0.6 is 0 Å². The molecule has 1 aliphatic heterocycles. The van der Waals surface area contributed by atoms with Crippen molar-refractivity contribution >= 4 is 21.9 Å². The van der Waals surface area contributed by atoms with E-state index in [9.17, 15) is 18.0 Å². The zero-order chi connectivity index (χ0) is 14.9. The van der Waals surface area contributed by atoms with E-state index in [-0.39, 0.29) is 24.1 Å². The lowest BCUT2D eigenvalue weighted by atomic mass is 10.3. The highest BCUT2D eigenvalue weighted by Crippen LogP contribution is 2.16. The van der Waals surface area contributed by atoms with Crippen LogP contribution in [0.5, 0.6) is 0 Å². The molecule has 0 bridgehead atoms. The number of hydrogen-bond acceptors (Lipinski definition) is 5. The smallest absolute Gasteiger partial charge is 0.371 e. The third-order valence-corrected chi connectivity index (χ3v) is 3.65. The first-order chi connectivity index (χ1) is 9.26. The van der Waals surface area contributed by atoms with Gasteiger partial charge in [-0.2, -0.15) is 0 Å². The van der Waals surface area contributed by atoms with Gasteiger partial charge in [-0.25, -0.2) is 17.9 Å². The molecule has 110 valence electrons. The molecule has 1 fully saturated rings. The van der Waals surface area contributed by atoms with Gasteiger partial charge in [0.15, 0.2) is 5.76 Å². The molecule has 0 saturated carbocycles. The molecule has 1 atom stereocenters. The molecule has 0 aromatic carbocycles. The van der Waals surface area contributed by atoms with E-state index < -0.39 is 21.9 Å². The zero-order valence-corrected chi connectivity index (χ0v) is 11.5. The fraction of sp³-hybridized carbons (Fsp3) is 0.455. The number of nitrogens with zero attached hydrogens (tertiary/aromatic N) is 1. The van der Waals surface area contributed by atoms with Gasteiger partial charge >= 0.3 is 5.97 Å². The predicted octanol–water partition coefficient (Wildman–Crippen LogP) is -0.259. The highest BCUT2D eigenvalue weighted by molar-refractivity contribution is 7.88. The molecule has 0 aliphatic carbocycles. The van der Waals surface area contributed by atoms with Crippen molar-refractivity contribution in [2.45, 2.75) is 12.5 Å². The SMILES string of the molecule is CS(=O)(=O)NC1CCN(C(=O)c2ccc(C(=O)O)o2)C1. The number of likely N-dealkylation sites (tertiary alicyclic amines) is 1. The van der Waals surface area contributed by atoms with Crippen LogP contribution in [-0.4, -0.2) is 55.7 Å². The van der Waals surface area contributed by atoms with E-state index in [1.807, 2.05) is 0 Å². The molecule has 1 saturated heterocycles. The lowest BCUT2D eigenvalue weighted by Crippen LogP contribution is -2.37. The Morgan fingerprint density at radius 2 is 2.05 bits per heavy atom. The second-order valence-corrected chi connectivity index (χ2v) is 6.38. The van der Waals surface area contributed by atoms with Crippen LogP contribution in [0.3, 0.4) is 0 Å². The average molecular weight is 302 g/mol. The predicted molar refractivity (Wildman–Crippen MR) is 68.0 cm³/mol. The van der Waals surface area contributed by atoms with Crippen LogP contribution in [-0.2, 0) is 10.0 Å². The second kappa shape index (κ2) is 5.25. The Morgan fingerprint density at radius 1 is 1.40 bits per heavy atom. The normalized spacial score (nSPS) is 19.2. The molecule has 0 radical (unpaired) electrons. The summed E-state index contributed by atoms with van der Waals surface area (Å²) < 4.78 is 29.6. The van der Waals surface area contributed by atoms with Crippen molar-refractivity contribution in [1.29, 1.82) is 0 Å². The molecule has 8 nitrogen and oxygen atoms in total. The van der Waals surface area contributed by atoms with Gasteiger partial charge in [0, 0.05) is 19.1 Å². The summed E-state index contributed by atoms with van der Waals surface area (Å²) >= 11 is 0. The summed E-state index contributed by atoms with van der Waals surface area (Å²) in [6, 6.07) is 2.17. The Bertz CT molecular complexity index is 635. The van der Waals surface area contributed by atoms with Gasteiger partial charge in [-0.3, -0.25) is 4.79 Å². The lowest BCUT2D eigenvalue weighted by molar-refractivity contribution is 0.0653. The third kappa shape index (κ3) is 3.36. The molecule has 2 N–H and O–H groups in total. The molecular weight excluding hydrogens is 288 g/mol. The number of carbonyl (C=O) groups is 2. The number of amides is 1. The van der Waals surface area contributed by atoms with Gasteiger partial charge < -0.3 is 14.4 Å². The fourth-order valence-electron chi connectivity index (χ4n) is 2.07. The van der Waals surface area contributed by atoms with E-state index in [4.69, 9.17) is 9.52 Å². The largest absolute Gasteiger partial charge is 0.475 e. The van der Waals surface area contributed by atoms with Gasteiger partial charge in [0.1, 0.15) is 0 Å². The van der Waals surface area contributed by atoms with Crippen molar-refractivity contribution in [1.82, 2.24) is 9.62 Å². The van der Waals surface area contributed by atoms with E-state index >= 15 is 0 Å². The van der Waals surface area contributed by atoms with Gasteiger partial charge in [0.05, 0.1) is 6.26 Å². The molecule has 2 heterocycles. The van der Waals surface area contributed by atoms with Crippen molar-refractivity contribution < 1.29 is 27.5 Å². The monoisotopic (exact) mass is 302 g/mol. The summed E-state index contributed by atoms with van der Waals surface area (Å²) in [6.07, 6.45) is 1.56. The van der Waals surface area contributed by atoms with Crippen LogP contribution in [0.15, 0.2) is 16.5 Å². The van der Waals surface area contributed by atoms with Gasteiger partial charge in [-0.1, -0.05) is 0 Å². The number of rotatable bonds is 4. The Morgan fingerprint density at radius 3 is 2.60 bits per heavy atom. The molecule has 2 rings (SSSR count). The van der Waals surface area contributed by atoms with Gasteiger partial charge in [-0.15, -0.1) is 0 Å². The quantitative estimate of drug-likeness (QED) is 0.791. The first-order valence-electron chi connectivity index (χ1n) is 5.86. The number of hydrogen-bond donors (Lipinski definition) is 2. The number of aromatic carboxylic acids is 1. The van der Waals surface area contributed by atoms with Gasteiger partial charge in [0.25, 0.3) is 5.91 Å². The maximum atomic E-state index is 12.1. The molecule has 1 aromatic heterocycles. The number of furan rings is 1. The summed E-state index contributed by atoms with van der Waals surface area (Å²) in [5.74, 6) is -2.07. The molecule has 1 aliphatic rings. The van der Waals surface area contributed by atoms with Gasteiger partial charge in [0.2, 0.25) is 15.8 Å². The maximum Gasteiger partial charge on any atom is 0.371 e. The highest BCUT2D eigenvalue weighted by Gasteiger charge is 2.30. The van der Waals surface area contributed by atoms with Crippen LogP contribution in [0.4, 0.5) is 0 Å². The molecule has 1 amide bonds. The van der Waals surface area contributed by atoms with Crippen molar-refractivity contribution in [2.75, 3.05) is 19.3 Å². The molecule has 0 spiro atoms. The summed E-state index contributed by atoms with van der Waals surface area (Å²) in [5, 5.41) is 8.72. The molecule has 1 unspecified atom stereocenters. The number of sulfonamides is 1.